The van der Waals surface area contributed by atoms with Crippen molar-refractivity contribution in [3.8, 4) is 0 Å². The van der Waals surface area contributed by atoms with E-state index in [1.54, 1.807) is 0 Å². The van der Waals surface area contributed by atoms with Crippen LogP contribution in [0.15, 0.2) is 182 Å². The van der Waals surface area contributed by atoms with Crippen LogP contribution in [-0.4, -0.2) is 11.3 Å². The molecule has 4 unspecified atom stereocenters. The van der Waals surface area contributed by atoms with Crippen molar-refractivity contribution in [1.82, 2.24) is 0 Å². The van der Waals surface area contributed by atoms with Crippen molar-refractivity contribution in [1.29, 1.82) is 0 Å². The molecule has 0 saturated carbocycles. The number of hydrogen-bond donors (Lipinski definition) is 0. The van der Waals surface area contributed by atoms with E-state index in [-0.39, 0.29) is 0 Å². The molecule has 0 radical (unpaired) electrons. The predicted molar refractivity (Wildman–Crippen MR) is 195 cm³/mol. The molecule has 0 aliphatic heterocycles. The molecule has 4 atom stereocenters. The van der Waals surface area contributed by atoms with Crippen molar-refractivity contribution in [3.63, 3.8) is 0 Å². The molecule has 44 heavy (non-hydrogen) atoms. The Balaban J connectivity index is 1.56. The topological polar surface area (TPSA) is 0 Å². The van der Waals surface area contributed by atoms with Gasteiger partial charge in [-0.3, -0.25) is 0 Å². The molecule has 6 aromatic carbocycles. The second-order valence-corrected chi connectivity index (χ2v) is 16.6. The van der Waals surface area contributed by atoms with Gasteiger partial charge in [-0.05, 0) is 71.3 Å². The molecule has 0 spiro atoms. The second kappa shape index (κ2) is 14.8. The first-order valence-corrected chi connectivity index (χ1v) is 18.4. The van der Waals surface area contributed by atoms with E-state index in [0.29, 0.717) is 23.2 Å². The molecule has 0 saturated heterocycles. The number of hydrogen-bond acceptors (Lipinski definition) is 0. The van der Waals surface area contributed by atoms with E-state index in [9.17, 15) is 0 Å². The van der Waals surface area contributed by atoms with Crippen molar-refractivity contribution in [2.45, 2.75) is 37.0 Å². The van der Waals surface area contributed by atoms with Gasteiger partial charge in [0.1, 0.15) is 0 Å². The summed E-state index contributed by atoms with van der Waals surface area (Å²) in [5, 5.41) is 5.76. The van der Waals surface area contributed by atoms with Gasteiger partial charge in [0.2, 0.25) is 0 Å². The number of rotatable bonds is 11. The monoisotopic (exact) mass is 606 g/mol. The van der Waals surface area contributed by atoms with E-state index in [1.165, 1.54) is 32.3 Å². The van der Waals surface area contributed by atoms with Crippen LogP contribution in [0.2, 0.25) is 0 Å². The van der Waals surface area contributed by atoms with E-state index >= 15 is 0 Å². The van der Waals surface area contributed by atoms with Crippen LogP contribution in [-0.2, 0) is 0 Å². The molecule has 0 bridgehead atoms. The van der Waals surface area contributed by atoms with Crippen molar-refractivity contribution in [2.24, 2.45) is 0 Å². The van der Waals surface area contributed by atoms with Crippen LogP contribution in [0, 0.1) is 0 Å². The molecule has 0 aliphatic rings. The molecule has 2 heteroatoms. The maximum Gasteiger partial charge on any atom is -0.00159 e. The van der Waals surface area contributed by atoms with Gasteiger partial charge >= 0.3 is 0 Å². The fourth-order valence-corrected chi connectivity index (χ4v) is 12.6. The summed E-state index contributed by atoms with van der Waals surface area (Å²) in [6.07, 6.45) is 0. The van der Waals surface area contributed by atoms with Gasteiger partial charge in [0.05, 0.1) is 0 Å². The third kappa shape index (κ3) is 6.79. The highest BCUT2D eigenvalue weighted by atomic mass is 31.1. The van der Waals surface area contributed by atoms with Gasteiger partial charge in [-0.1, -0.05) is 196 Å². The average Bonchev–Trinajstić information content (AvgIpc) is 3.10. The maximum absolute atomic E-state index is 2.53. The zero-order valence-corrected chi connectivity index (χ0v) is 27.3. The Hall–Kier alpha value is -3.82. The summed E-state index contributed by atoms with van der Waals surface area (Å²) in [6.45, 7) is 5.05. The van der Waals surface area contributed by atoms with Crippen molar-refractivity contribution >= 4 is 37.1 Å². The summed E-state index contributed by atoms with van der Waals surface area (Å²) >= 11 is 0. The minimum absolute atomic E-state index is 0.303. The second-order valence-electron chi connectivity index (χ2n) is 11.4. The Morgan fingerprint density at radius 2 is 0.500 bits per heavy atom. The van der Waals surface area contributed by atoms with Crippen LogP contribution in [0.3, 0.4) is 0 Å². The Labute approximate surface area is 266 Å². The van der Waals surface area contributed by atoms with E-state index in [2.05, 4.69) is 196 Å². The molecule has 6 aromatic rings. The van der Waals surface area contributed by atoms with Gasteiger partial charge in [0, 0.05) is 0 Å². The van der Waals surface area contributed by atoms with E-state index in [1.807, 2.05) is 0 Å². The van der Waals surface area contributed by atoms with Gasteiger partial charge in [-0.15, -0.1) is 0 Å². The minimum atomic E-state index is -0.643. The smallest absolute Gasteiger partial charge is 0.00159 e. The maximum atomic E-state index is 2.53. The van der Waals surface area contributed by atoms with E-state index in [4.69, 9.17) is 0 Å². The van der Waals surface area contributed by atoms with Crippen molar-refractivity contribution < 1.29 is 0 Å². The normalized spacial score (nSPS) is 14.2. The Kier molecular flexibility index (Phi) is 10.1. The largest absolute Gasteiger partial charge is 0.0622 e. The lowest BCUT2D eigenvalue weighted by Gasteiger charge is -2.42. The summed E-state index contributed by atoms with van der Waals surface area (Å²) < 4.78 is 0. The summed E-state index contributed by atoms with van der Waals surface area (Å²) in [5.41, 5.74) is 3.62. The minimum Gasteiger partial charge on any atom is -0.0622 e. The lowest BCUT2D eigenvalue weighted by molar-refractivity contribution is 0.523. The molecule has 0 aromatic heterocycles. The average molecular weight is 607 g/mol. The van der Waals surface area contributed by atoms with E-state index in [0.717, 1.165) is 0 Å². The van der Waals surface area contributed by atoms with E-state index < -0.39 is 15.8 Å². The first-order valence-electron chi connectivity index (χ1n) is 15.6. The highest BCUT2D eigenvalue weighted by molar-refractivity contribution is 7.74. The molecule has 0 N–H and O–H groups in total. The van der Waals surface area contributed by atoms with Crippen LogP contribution in [0.25, 0.3) is 0 Å². The van der Waals surface area contributed by atoms with Gasteiger partial charge in [0.25, 0.3) is 0 Å². The first-order chi connectivity index (χ1) is 21.7. The van der Waals surface area contributed by atoms with Gasteiger partial charge in [-0.2, -0.15) is 0 Å². The Bertz CT molecular complexity index is 1460. The molecule has 0 nitrogen and oxygen atoms in total. The summed E-state index contributed by atoms with van der Waals surface area (Å²) in [7, 11) is -1.29. The van der Waals surface area contributed by atoms with Crippen LogP contribution in [0.4, 0.5) is 0 Å². The van der Waals surface area contributed by atoms with Gasteiger partial charge in [-0.25, -0.2) is 0 Å². The molecular formula is C42H40P2. The van der Waals surface area contributed by atoms with Crippen LogP contribution < -0.4 is 21.2 Å². The summed E-state index contributed by atoms with van der Waals surface area (Å²) in [5.74, 6) is 0.607. The Morgan fingerprint density at radius 3 is 0.727 bits per heavy atom. The quantitative estimate of drug-likeness (QED) is 0.129. The SMILES string of the molecule is CC(C(c1ccccc1)C(c1ccccc1)C(C)P(c1ccccc1)c1ccccc1)P(c1ccccc1)c1ccccc1. The van der Waals surface area contributed by atoms with Crippen LogP contribution in [0.5, 0.6) is 0 Å². The lowest BCUT2D eigenvalue weighted by atomic mass is 9.78. The molecular weight excluding hydrogens is 566 g/mol. The first kappa shape index (κ1) is 30.2. The molecule has 0 amide bonds. The third-order valence-corrected chi connectivity index (χ3v) is 14.4. The molecule has 218 valence electrons. The van der Waals surface area contributed by atoms with Crippen molar-refractivity contribution in [3.05, 3.63) is 193 Å². The standard InChI is InChI=1S/C42H40P2/c1-33(43(37-25-13-5-14-26-37)38-27-15-6-16-28-38)41(35-21-9-3-10-22-35)42(36-23-11-4-12-24-36)34(2)44(39-29-17-7-18-30-39)40-31-19-8-20-32-40/h3-34,41-42H,1-2H3. The molecule has 0 fully saturated rings. The zero-order valence-electron chi connectivity index (χ0n) is 25.5. The van der Waals surface area contributed by atoms with Crippen LogP contribution >= 0.6 is 15.8 Å². The summed E-state index contributed by atoms with van der Waals surface area (Å²) in [6, 6.07) is 67.7. The number of benzene rings is 6. The fourth-order valence-electron chi connectivity index (χ4n) is 6.84. The highest BCUT2D eigenvalue weighted by Crippen LogP contribution is 2.56. The van der Waals surface area contributed by atoms with Gasteiger partial charge < -0.3 is 0 Å². The van der Waals surface area contributed by atoms with Crippen molar-refractivity contribution in [2.75, 3.05) is 0 Å². The van der Waals surface area contributed by atoms with Crippen LogP contribution in [0.1, 0.15) is 36.8 Å². The Morgan fingerprint density at radius 1 is 0.295 bits per heavy atom. The highest BCUT2D eigenvalue weighted by Gasteiger charge is 2.40. The molecule has 6 rings (SSSR count). The molecule has 0 heterocycles. The third-order valence-electron chi connectivity index (χ3n) is 8.75. The lowest BCUT2D eigenvalue weighted by Crippen LogP contribution is -2.34. The van der Waals surface area contributed by atoms with Gasteiger partial charge in [0.15, 0.2) is 0 Å². The fraction of sp³-hybridized carbons (Fsp3) is 0.143. The molecule has 0 aliphatic carbocycles. The zero-order chi connectivity index (χ0) is 30.1. The summed E-state index contributed by atoms with van der Waals surface area (Å²) in [4.78, 5) is 0. The predicted octanol–water partition coefficient (Wildman–Crippen LogP) is 9.60.